The molecule has 5 nitrogen and oxygen atoms in total. The van der Waals surface area contributed by atoms with E-state index in [1.165, 1.54) is 5.56 Å². The molecule has 1 saturated heterocycles. The fourth-order valence-corrected chi connectivity index (χ4v) is 6.66. The number of Topliss-reactive ketones (excluding diaryl/α,β-unsaturated/α-hetero) is 1. The molecule has 7 heteroatoms. The summed E-state index contributed by atoms with van der Waals surface area (Å²) < 4.78 is 21.9. The van der Waals surface area contributed by atoms with E-state index in [9.17, 15) is 9.59 Å². The first-order valence-corrected chi connectivity index (χ1v) is 17.6. The number of hydrogen-bond donors (Lipinski definition) is 1. The van der Waals surface area contributed by atoms with Gasteiger partial charge in [-0.05, 0) is 79.2 Å². The van der Waals surface area contributed by atoms with Crippen molar-refractivity contribution in [1.29, 1.82) is 0 Å². The summed E-state index contributed by atoms with van der Waals surface area (Å²) >= 11 is 1.61. The first kappa shape index (κ1) is 36.0. The topological polar surface area (TPSA) is 79.2 Å². The van der Waals surface area contributed by atoms with Gasteiger partial charge in [0.1, 0.15) is 5.75 Å². The van der Waals surface area contributed by atoms with Gasteiger partial charge in [-0.2, -0.15) is 6.92 Å². The maximum atomic E-state index is 15.3. The van der Waals surface area contributed by atoms with Crippen molar-refractivity contribution in [1.82, 2.24) is 5.32 Å². The van der Waals surface area contributed by atoms with Crippen LogP contribution >= 0.6 is 0 Å². The molecule has 1 amide bonds. The average Bonchev–Trinajstić information content (AvgIpc) is 3.64. The number of nitrogens with one attached hydrogen (secondary N) is 2. The molecule has 1 heterocycles. The van der Waals surface area contributed by atoms with Crippen LogP contribution in [0.2, 0.25) is 0 Å². The quantitative estimate of drug-likeness (QED) is 0.194. The number of benzene rings is 2. The van der Waals surface area contributed by atoms with Crippen LogP contribution in [0, 0.1) is 12.8 Å². The summed E-state index contributed by atoms with van der Waals surface area (Å²) in [6.45, 7) is 11.2. The summed E-state index contributed by atoms with van der Waals surface area (Å²) in [5, 5.41) is 6.56. The van der Waals surface area contributed by atoms with E-state index in [1.807, 2.05) is 36.4 Å². The molecule has 242 valence electrons. The second-order valence-electron chi connectivity index (χ2n) is 12.6. The van der Waals surface area contributed by atoms with Gasteiger partial charge in [-0.15, -0.1) is 0 Å². The number of alkyl halides is 1. The van der Waals surface area contributed by atoms with Crippen molar-refractivity contribution in [2.45, 2.75) is 108 Å². The van der Waals surface area contributed by atoms with Gasteiger partial charge < -0.3 is 27.5 Å². The fraction of sp³-hybridized carbons (Fsp3) is 0.514. The number of halogens is 1. The van der Waals surface area contributed by atoms with Crippen LogP contribution in [0.5, 0.6) is 5.75 Å². The minimum atomic E-state index is -1.73. The number of amides is 1. The minimum absolute atomic E-state index is 0.0291. The third-order valence-electron chi connectivity index (χ3n) is 9.37. The van der Waals surface area contributed by atoms with Crippen molar-refractivity contribution < 1.29 is 36.9 Å². The Morgan fingerprint density at radius 3 is 2.45 bits per heavy atom. The Bertz CT molecular complexity index is 1310. The summed E-state index contributed by atoms with van der Waals surface area (Å²) in [5.41, 5.74) is 9.79. The van der Waals surface area contributed by atoms with E-state index < -0.39 is 17.5 Å². The van der Waals surface area contributed by atoms with Crippen LogP contribution in [0.25, 0.3) is 16.9 Å². The normalized spacial score (nSPS) is 24.2. The van der Waals surface area contributed by atoms with Gasteiger partial charge in [0, 0.05) is 36.4 Å². The molecule has 3 aliphatic rings. The predicted molar refractivity (Wildman–Crippen MR) is 175 cm³/mol. The molecule has 0 aromatic heterocycles. The molecule has 4 atom stereocenters. The summed E-state index contributed by atoms with van der Waals surface area (Å²) in [6, 6.07) is 14.1. The molecule has 44 heavy (non-hydrogen) atoms. The van der Waals surface area contributed by atoms with Gasteiger partial charge in [-0.25, -0.2) is 4.39 Å². The van der Waals surface area contributed by atoms with E-state index in [2.05, 4.69) is 49.4 Å². The van der Waals surface area contributed by atoms with Crippen molar-refractivity contribution in [2.24, 2.45) is 5.92 Å². The van der Waals surface area contributed by atoms with Gasteiger partial charge in [0.25, 0.3) is 0 Å². The Labute approximate surface area is 274 Å². The van der Waals surface area contributed by atoms with Crippen LogP contribution < -0.4 is 10.1 Å². The van der Waals surface area contributed by atoms with Crippen LogP contribution in [0.4, 0.5) is 4.39 Å². The zero-order chi connectivity index (χ0) is 32.5. The molecule has 0 unspecified atom stereocenters. The molecular weight excluding hydrogens is 730 g/mol. The molecular formula is C37H49FN2O3Os-2. The van der Waals surface area contributed by atoms with Crippen LogP contribution in [0.3, 0.4) is 0 Å². The van der Waals surface area contributed by atoms with E-state index in [4.69, 9.17) is 10.5 Å². The van der Waals surface area contributed by atoms with E-state index >= 15 is 4.39 Å². The van der Waals surface area contributed by atoms with Crippen LogP contribution in [-0.4, -0.2) is 40.6 Å². The molecule has 2 aliphatic carbocycles. The number of allylic oxidation sites excluding steroid dienone is 2. The maximum absolute atomic E-state index is 15.3. The summed E-state index contributed by atoms with van der Waals surface area (Å²) in [5.74, 6) is -0.0327. The van der Waals surface area contributed by atoms with Crippen molar-refractivity contribution in [3.8, 4) is 16.9 Å². The number of carbonyl (C=O) groups is 2. The van der Waals surface area contributed by atoms with Crippen molar-refractivity contribution in [3.05, 3.63) is 78.4 Å². The van der Waals surface area contributed by atoms with Crippen LogP contribution in [0.15, 0.2) is 54.6 Å². The third kappa shape index (κ3) is 8.40. The van der Waals surface area contributed by atoms with Crippen molar-refractivity contribution in [3.63, 3.8) is 0 Å². The van der Waals surface area contributed by atoms with Crippen molar-refractivity contribution in [2.75, 3.05) is 6.54 Å². The SMILES string of the molecule is CC(C)c1ccccc1-c1cc([C@H](C)C([NH-])=O)ccc1O[C@@H]1CC[C@@H](/C=C/CC(=O)[C@@]2(F)CNC3(CCC3)C2)C1.[CH2-]C.[CH2]=[Os]. The molecule has 0 radical (unpaired) electrons. The molecule has 2 aromatic rings. The van der Waals surface area contributed by atoms with Gasteiger partial charge in [-0.1, -0.05) is 63.3 Å². The Hall–Kier alpha value is -2.48. The molecule has 1 aliphatic heterocycles. The molecule has 2 aromatic carbocycles. The van der Waals surface area contributed by atoms with Gasteiger partial charge in [-0.3, -0.25) is 4.79 Å². The predicted octanol–water partition coefficient (Wildman–Crippen LogP) is 8.65. The van der Waals surface area contributed by atoms with Gasteiger partial charge in [0.15, 0.2) is 11.5 Å². The summed E-state index contributed by atoms with van der Waals surface area (Å²) in [7, 11) is 0. The van der Waals surface area contributed by atoms with E-state index in [0.717, 1.165) is 61.0 Å². The number of ether oxygens (including phenoxy) is 1. The first-order chi connectivity index (χ1) is 21.1. The van der Waals surface area contributed by atoms with Gasteiger partial charge in [0.2, 0.25) is 0 Å². The summed E-state index contributed by atoms with van der Waals surface area (Å²) in [6.07, 6.45) is 10.2. The number of ketones is 1. The molecule has 3 fully saturated rings. The van der Waals surface area contributed by atoms with Gasteiger partial charge >= 0.3 is 23.2 Å². The van der Waals surface area contributed by atoms with E-state index in [1.54, 1.807) is 32.0 Å². The van der Waals surface area contributed by atoms with Gasteiger partial charge in [0.05, 0.1) is 12.0 Å². The van der Waals surface area contributed by atoms with E-state index in [0.29, 0.717) is 18.3 Å². The second-order valence-corrected chi connectivity index (χ2v) is 12.6. The molecule has 1 spiro atoms. The second kappa shape index (κ2) is 16.2. The first-order valence-electron chi connectivity index (χ1n) is 15.8. The Morgan fingerprint density at radius 2 is 1.84 bits per heavy atom. The molecule has 5 rings (SSSR count). The van der Waals surface area contributed by atoms with Crippen molar-refractivity contribution >= 4 is 16.8 Å². The molecule has 0 bridgehead atoms. The van der Waals surface area contributed by atoms with E-state index in [-0.39, 0.29) is 30.4 Å². The standard InChI is InChI=1S/C34H43FN2O3.C2H5.CH2.Os/c1-22(2)27-9-4-5-10-28(27)29-19-25(23(3)32(36)39)13-15-30(29)40-26-14-12-24(18-26)8-6-11-31(38)34(35)20-33(37-21-34)16-7-17-33;1-2;;/h4-6,8-10,13,15,19,22-24,26,37H,7,11-12,14,16-18,20-21H2,1-3H3,(H2,36,39);1H2,2H3;1H2;/q;-1;;/p-1/b8-6+;;;/t23-,24+,26+,34-;;;/m0.../s1. The monoisotopic (exact) mass is 780 g/mol. The third-order valence-corrected chi connectivity index (χ3v) is 9.37. The Kier molecular flexibility index (Phi) is 13.2. The molecule has 2 saturated carbocycles. The Morgan fingerprint density at radius 1 is 1.14 bits per heavy atom. The molecule has 2 N–H and O–H groups in total. The zero-order valence-electron chi connectivity index (χ0n) is 26.7. The zero-order valence-corrected chi connectivity index (χ0v) is 29.3. The van der Waals surface area contributed by atoms with Crippen LogP contribution in [0.1, 0.15) is 102 Å². The average molecular weight is 779 g/mol. The fourth-order valence-electron chi connectivity index (χ4n) is 6.66. The number of carbonyl (C=O) groups excluding carboxylic acids is 2. The Balaban J connectivity index is 0.00000127. The number of hydrogen-bond acceptors (Lipinski definition) is 4. The number of rotatable bonds is 10. The van der Waals surface area contributed by atoms with Crippen LogP contribution in [-0.2, 0) is 27.7 Å². The summed E-state index contributed by atoms with van der Waals surface area (Å²) in [4.78, 5) is 24.5.